The average molecular weight is 228 g/mol. The molecule has 2 N–H and O–H groups in total. The molecule has 5 nitrogen and oxygen atoms in total. The summed E-state index contributed by atoms with van der Waals surface area (Å²) in [5.74, 6) is 1.12. The molecular weight excluding hydrogens is 216 g/mol. The second kappa shape index (κ2) is 4.18. The lowest BCUT2D eigenvalue weighted by Gasteiger charge is -2.05. The number of aryl methyl sites for hydroxylation is 1. The molecule has 0 bridgehead atoms. The number of ether oxygens (including phenoxy) is 1. The third kappa shape index (κ3) is 1.81. The number of aromatic nitrogens is 2. The summed E-state index contributed by atoms with van der Waals surface area (Å²) in [5.41, 5.74) is 7.71. The van der Waals surface area contributed by atoms with Gasteiger partial charge in [0.15, 0.2) is 0 Å². The fourth-order valence-corrected chi connectivity index (χ4v) is 1.60. The van der Waals surface area contributed by atoms with Gasteiger partial charge in [-0.05, 0) is 31.2 Å². The molecule has 17 heavy (non-hydrogen) atoms. The Kier molecular flexibility index (Phi) is 2.71. The lowest BCUT2D eigenvalue weighted by atomic mass is 10.2. The number of benzene rings is 1. The molecule has 86 valence electrons. The number of nitrogens with zero attached hydrogens (tertiary/aromatic N) is 3. The van der Waals surface area contributed by atoms with Gasteiger partial charge in [0.2, 0.25) is 0 Å². The van der Waals surface area contributed by atoms with Gasteiger partial charge in [-0.1, -0.05) is 0 Å². The van der Waals surface area contributed by atoms with E-state index in [0.29, 0.717) is 17.1 Å². The van der Waals surface area contributed by atoms with Crippen LogP contribution in [0.2, 0.25) is 0 Å². The van der Waals surface area contributed by atoms with Gasteiger partial charge >= 0.3 is 0 Å². The molecule has 0 radical (unpaired) electrons. The van der Waals surface area contributed by atoms with Crippen molar-refractivity contribution in [3.8, 4) is 17.5 Å². The first-order valence-electron chi connectivity index (χ1n) is 5.07. The summed E-state index contributed by atoms with van der Waals surface area (Å²) in [7, 11) is 1.61. The molecule has 1 heterocycles. The molecule has 2 aromatic rings. The van der Waals surface area contributed by atoms with Crippen molar-refractivity contribution in [1.82, 2.24) is 9.78 Å². The predicted octanol–water partition coefficient (Wildman–Crippen LogP) is 1.64. The molecule has 0 saturated carbocycles. The molecule has 1 aromatic heterocycles. The third-order valence-corrected chi connectivity index (χ3v) is 2.52. The third-order valence-electron chi connectivity index (χ3n) is 2.52. The van der Waals surface area contributed by atoms with E-state index in [1.165, 1.54) is 0 Å². The van der Waals surface area contributed by atoms with E-state index in [4.69, 9.17) is 15.7 Å². The summed E-state index contributed by atoms with van der Waals surface area (Å²) in [6, 6.07) is 9.35. The monoisotopic (exact) mass is 228 g/mol. The smallest absolute Gasteiger partial charge is 0.145 e. The second-order valence-corrected chi connectivity index (χ2v) is 3.57. The van der Waals surface area contributed by atoms with Gasteiger partial charge < -0.3 is 10.5 Å². The van der Waals surface area contributed by atoms with Crippen LogP contribution in [0.15, 0.2) is 24.3 Å². The van der Waals surface area contributed by atoms with Crippen molar-refractivity contribution in [3.63, 3.8) is 0 Å². The molecule has 0 amide bonds. The summed E-state index contributed by atoms with van der Waals surface area (Å²) in [6.07, 6.45) is 0. The number of hydrogen-bond donors (Lipinski definition) is 1. The molecule has 0 saturated heterocycles. The van der Waals surface area contributed by atoms with E-state index in [2.05, 4.69) is 5.10 Å². The number of nitrogens with two attached hydrogens (primary N) is 1. The van der Waals surface area contributed by atoms with E-state index in [1.807, 2.05) is 30.3 Å². The molecule has 0 fully saturated rings. The van der Waals surface area contributed by atoms with Crippen molar-refractivity contribution in [2.45, 2.75) is 6.92 Å². The topological polar surface area (TPSA) is 76.9 Å². The highest BCUT2D eigenvalue weighted by Crippen LogP contribution is 2.21. The van der Waals surface area contributed by atoms with Gasteiger partial charge in [0.1, 0.15) is 23.2 Å². The van der Waals surface area contributed by atoms with Gasteiger partial charge in [-0.15, -0.1) is 0 Å². The van der Waals surface area contributed by atoms with Crippen LogP contribution < -0.4 is 10.5 Å². The predicted molar refractivity (Wildman–Crippen MR) is 64.0 cm³/mol. The van der Waals surface area contributed by atoms with Crippen LogP contribution in [-0.4, -0.2) is 16.9 Å². The van der Waals surface area contributed by atoms with Crippen LogP contribution in [0.3, 0.4) is 0 Å². The Labute approximate surface area is 99.0 Å². The second-order valence-electron chi connectivity index (χ2n) is 3.57. The van der Waals surface area contributed by atoms with E-state index >= 15 is 0 Å². The summed E-state index contributed by atoms with van der Waals surface area (Å²) in [6.45, 7) is 1.76. The first-order valence-corrected chi connectivity index (χ1v) is 5.07. The Hall–Kier alpha value is -2.48. The van der Waals surface area contributed by atoms with Crippen LogP contribution in [-0.2, 0) is 0 Å². The molecular formula is C12H12N4O. The molecule has 1 aromatic carbocycles. The van der Waals surface area contributed by atoms with Gasteiger partial charge in [0.05, 0.1) is 18.5 Å². The van der Waals surface area contributed by atoms with E-state index in [1.54, 1.807) is 18.7 Å². The maximum atomic E-state index is 8.94. The highest BCUT2D eigenvalue weighted by atomic mass is 16.5. The molecule has 0 aliphatic rings. The van der Waals surface area contributed by atoms with Crippen molar-refractivity contribution < 1.29 is 4.74 Å². The summed E-state index contributed by atoms with van der Waals surface area (Å²) < 4.78 is 6.62. The molecule has 0 atom stereocenters. The van der Waals surface area contributed by atoms with Crippen LogP contribution in [0.1, 0.15) is 11.3 Å². The minimum Gasteiger partial charge on any atom is -0.497 e. The number of nitriles is 1. The van der Waals surface area contributed by atoms with Crippen LogP contribution in [0, 0.1) is 18.3 Å². The Morgan fingerprint density at radius 1 is 1.35 bits per heavy atom. The first-order chi connectivity index (χ1) is 8.17. The quantitative estimate of drug-likeness (QED) is 0.847. The van der Waals surface area contributed by atoms with Gasteiger partial charge in [0.25, 0.3) is 0 Å². The van der Waals surface area contributed by atoms with E-state index in [-0.39, 0.29) is 0 Å². The Bertz CT molecular complexity index is 578. The molecule has 0 spiro atoms. The van der Waals surface area contributed by atoms with E-state index in [9.17, 15) is 0 Å². The fourth-order valence-electron chi connectivity index (χ4n) is 1.60. The van der Waals surface area contributed by atoms with E-state index < -0.39 is 0 Å². The number of methoxy groups -OCH3 is 1. The number of rotatable bonds is 2. The minimum atomic E-state index is 0.357. The largest absolute Gasteiger partial charge is 0.497 e. The van der Waals surface area contributed by atoms with Crippen LogP contribution in [0.4, 0.5) is 5.82 Å². The van der Waals surface area contributed by atoms with Gasteiger partial charge in [0, 0.05) is 0 Å². The summed E-state index contributed by atoms with van der Waals surface area (Å²) in [4.78, 5) is 0. The number of nitrogen functional groups attached to an aromatic ring is 1. The zero-order chi connectivity index (χ0) is 12.4. The van der Waals surface area contributed by atoms with Gasteiger partial charge in [-0.3, -0.25) is 0 Å². The molecule has 0 aliphatic carbocycles. The molecule has 0 unspecified atom stereocenters. The summed E-state index contributed by atoms with van der Waals surface area (Å²) >= 11 is 0. The van der Waals surface area contributed by atoms with Crippen LogP contribution in [0.5, 0.6) is 5.75 Å². The number of hydrogen-bond acceptors (Lipinski definition) is 4. The molecule has 0 aliphatic heterocycles. The Balaban J connectivity index is 2.50. The van der Waals surface area contributed by atoms with Crippen molar-refractivity contribution in [1.29, 1.82) is 5.26 Å². The summed E-state index contributed by atoms with van der Waals surface area (Å²) in [5, 5.41) is 13.2. The highest BCUT2D eigenvalue weighted by molar-refractivity contribution is 5.56. The molecule has 2 rings (SSSR count). The molecule has 5 heteroatoms. The van der Waals surface area contributed by atoms with Gasteiger partial charge in [-0.2, -0.15) is 10.4 Å². The standard InChI is InChI=1S/C12H12N4O/c1-8-11(7-13)12(14)16(15-8)9-3-5-10(17-2)6-4-9/h3-6H,14H2,1-2H3. The maximum Gasteiger partial charge on any atom is 0.145 e. The van der Waals surface area contributed by atoms with Crippen LogP contribution in [0.25, 0.3) is 5.69 Å². The minimum absolute atomic E-state index is 0.357. The SMILES string of the molecule is COc1ccc(-n2nc(C)c(C#N)c2N)cc1. The van der Waals surface area contributed by atoms with Crippen molar-refractivity contribution in [2.75, 3.05) is 12.8 Å². The average Bonchev–Trinajstić information content (AvgIpc) is 2.64. The fraction of sp³-hybridized carbons (Fsp3) is 0.167. The van der Waals surface area contributed by atoms with Crippen LogP contribution >= 0.6 is 0 Å². The van der Waals surface area contributed by atoms with Crippen molar-refractivity contribution in [3.05, 3.63) is 35.5 Å². The maximum absolute atomic E-state index is 8.94. The Morgan fingerprint density at radius 3 is 2.47 bits per heavy atom. The van der Waals surface area contributed by atoms with E-state index in [0.717, 1.165) is 11.4 Å². The van der Waals surface area contributed by atoms with Crippen molar-refractivity contribution >= 4 is 5.82 Å². The highest BCUT2D eigenvalue weighted by Gasteiger charge is 2.12. The Morgan fingerprint density at radius 2 is 2.00 bits per heavy atom. The van der Waals surface area contributed by atoms with Crippen molar-refractivity contribution in [2.24, 2.45) is 0 Å². The zero-order valence-electron chi connectivity index (χ0n) is 9.64. The zero-order valence-corrected chi connectivity index (χ0v) is 9.64. The normalized spacial score (nSPS) is 9.94. The first kappa shape index (κ1) is 11.0. The van der Waals surface area contributed by atoms with Gasteiger partial charge in [-0.25, -0.2) is 4.68 Å². The number of anilines is 1. The lowest BCUT2D eigenvalue weighted by molar-refractivity contribution is 0.414. The lowest BCUT2D eigenvalue weighted by Crippen LogP contribution is -2.02.